The van der Waals surface area contributed by atoms with Gasteiger partial charge in [0.2, 0.25) is 5.78 Å². The Morgan fingerprint density at radius 3 is 2.80 bits per heavy atom. The molecule has 1 saturated carbocycles. The number of hydrogen-bond donors (Lipinski definition) is 3. The van der Waals surface area contributed by atoms with Crippen LogP contribution in [0, 0.1) is 18.7 Å². The highest BCUT2D eigenvalue weighted by molar-refractivity contribution is 6.10. The molecule has 2 heterocycles. The summed E-state index contributed by atoms with van der Waals surface area (Å²) in [6, 6.07) is 7.41. The van der Waals surface area contributed by atoms with Crippen molar-refractivity contribution in [2.45, 2.75) is 31.2 Å². The van der Waals surface area contributed by atoms with Crippen molar-refractivity contribution in [2.75, 3.05) is 5.32 Å². The molecule has 4 atom stereocenters. The van der Waals surface area contributed by atoms with E-state index in [-0.39, 0.29) is 35.4 Å². The number of anilines is 1. The van der Waals surface area contributed by atoms with Crippen molar-refractivity contribution in [3.8, 4) is 0 Å². The Hall–Kier alpha value is -3.17. The van der Waals surface area contributed by atoms with Crippen LogP contribution in [0.15, 0.2) is 49.1 Å². The number of carbonyl (C=O) groups excluding carboxylic acids is 1. The van der Waals surface area contributed by atoms with Crippen molar-refractivity contribution in [2.24, 2.45) is 5.92 Å². The van der Waals surface area contributed by atoms with Crippen molar-refractivity contribution < 1.29 is 19.4 Å². The lowest BCUT2D eigenvalue weighted by molar-refractivity contribution is 0.0256. The molecule has 1 aliphatic rings. The fourth-order valence-electron chi connectivity index (χ4n) is 3.56. The molecule has 30 heavy (non-hydrogen) atoms. The highest BCUT2D eigenvalue weighted by atomic mass is 19.1. The van der Waals surface area contributed by atoms with Crippen LogP contribution in [0.1, 0.15) is 28.0 Å². The topological polar surface area (TPSA) is 113 Å². The Kier molecular flexibility index (Phi) is 5.56. The average molecular weight is 410 g/mol. The summed E-state index contributed by atoms with van der Waals surface area (Å²) in [5.74, 6) is -0.842. The van der Waals surface area contributed by atoms with Crippen molar-refractivity contribution >= 4 is 11.6 Å². The summed E-state index contributed by atoms with van der Waals surface area (Å²) < 4.78 is 15.3. The van der Waals surface area contributed by atoms with Crippen molar-refractivity contribution in [1.82, 2.24) is 19.7 Å². The number of ketones is 1. The molecule has 1 aliphatic carbocycles. The first-order valence-electron chi connectivity index (χ1n) is 9.51. The molecule has 1 radical (unpaired) electrons. The van der Waals surface area contributed by atoms with Crippen LogP contribution in [-0.2, 0) is 6.54 Å². The van der Waals surface area contributed by atoms with Gasteiger partial charge in [0.1, 0.15) is 29.8 Å². The highest BCUT2D eigenvalue weighted by Crippen LogP contribution is 2.29. The van der Waals surface area contributed by atoms with E-state index in [0.29, 0.717) is 12.0 Å². The third kappa shape index (κ3) is 3.94. The summed E-state index contributed by atoms with van der Waals surface area (Å²) in [5, 5.41) is 27.4. The molecule has 0 saturated heterocycles. The standard InChI is InChI=1S/C21H21FN5O3/c1-12-8-17(20(30)18(12)28)25-21-14(9-23-11-24-21)19(29)16-6-7-27(26-16)10-13-4-2-3-5-15(13)22/h2-7,9,11-12,17-18,20,28,30H,1,8,10H2,(H,23,24,25)/t12-,17-,18-,20+/m1/s1. The number of nitrogens with zero attached hydrogens (tertiary/aromatic N) is 4. The first kappa shape index (κ1) is 20.1. The van der Waals surface area contributed by atoms with Crippen molar-refractivity contribution in [1.29, 1.82) is 0 Å². The molecule has 0 aliphatic heterocycles. The normalized spacial score (nSPS) is 23.5. The van der Waals surface area contributed by atoms with E-state index in [9.17, 15) is 19.4 Å². The second-order valence-corrected chi connectivity index (χ2v) is 7.33. The second-order valence-electron chi connectivity index (χ2n) is 7.33. The lowest BCUT2D eigenvalue weighted by Gasteiger charge is -2.19. The number of nitrogens with one attached hydrogen (secondary N) is 1. The van der Waals surface area contributed by atoms with E-state index in [1.54, 1.807) is 30.5 Å². The average Bonchev–Trinajstić information content (AvgIpc) is 3.30. The highest BCUT2D eigenvalue weighted by Gasteiger charge is 2.39. The number of hydrogen-bond acceptors (Lipinski definition) is 7. The number of rotatable bonds is 6. The molecule has 0 amide bonds. The zero-order valence-electron chi connectivity index (χ0n) is 16.0. The minimum Gasteiger partial charge on any atom is -0.390 e. The van der Waals surface area contributed by atoms with E-state index in [2.05, 4.69) is 27.3 Å². The van der Waals surface area contributed by atoms with Gasteiger partial charge < -0.3 is 15.5 Å². The number of halogens is 1. The minimum atomic E-state index is -1.02. The van der Waals surface area contributed by atoms with E-state index in [1.165, 1.54) is 23.3 Å². The molecule has 8 nitrogen and oxygen atoms in total. The smallest absolute Gasteiger partial charge is 0.218 e. The largest absolute Gasteiger partial charge is 0.390 e. The van der Waals surface area contributed by atoms with E-state index >= 15 is 0 Å². The Bertz CT molecular complexity index is 1060. The van der Waals surface area contributed by atoms with E-state index in [0.717, 1.165) is 0 Å². The Morgan fingerprint density at radius 2 is 2.07 bits per heavy atom. The zero-order valence-corrected chi connectivity index (χ0v) is 16.0. The monoisotopic (exact) mass is 410 g/mol. The number of carbonyl (C=O) groups is 1. The fourth-order valence-corrected chi connectivity index (χ4v) is 3.56. The van der Waals surface area contributed by atoms with Crippen LogP contribution in [0.2, 0.25) is 0 Å². The molecule has 3 N–H and O–H groups in total. The first-order valence-corrected chi connectivity index (χ1v) is 9.51. The number of benzene rings is 1. The number of aliphatic hydroxyl groups is 2. The third-order valence-corrected chi connectivity index (χ3v) is 5.24. The van der Waals surface area contributed by atoms with Gasteiger partial charge in [-0.25, -0.2) is 14.4 Å². The minimum absolute atomic E-state index is 0.159. The second kappa shape index (κ2) is 8.29. The molecule has 2 aromatic heterocycles. The van der Waals surface area contributed by atoms with Crippen LogP contribution in [0.25, 0.3) is 0 Å². The van der Waals surface area contributed by atoms with Gasteiger partial charge in [0.25, 0.3) is 0 Å². The predicted molar refractivity (Wildman–Crippen MR) is 106 cm³/mol. The van der Waals surface area contributed by atoms with E-state index in [1.807, 2.05) is 0 Å². The summed E-state index contributed by atoms with van der Waals surface area (Å²) in [6.07, 6.45) is 2.71. The molecule has 3 aromatic rings. The van der Waals surface area contributed by atoms with Crippen molar-refractivity contribution in [3.63, 3.8) is 0 Å². The quantitative estimate of drug-likeness (QED) is 0.527. The number of aromatic nitrogens is 4. The maximum absolute atomic E-state index is 13.9. The van der Waals surface area contributed by atoms with E-state index < -0.39 is 24.0 Å². The molecule has 9 heteroatoms. The lowest BCUT2D eigenvalue weighted by Crippen LogP contribution is -2.35. The first-order chi connectivity index (χ1) is 14.4. The summed E-state index contributed by atoms with van der Waals surface area (Å²) >= 11 is 0. The van der Waals surface area contributed by atoms with Crippen LogP contribution < -0.4 is 5.32 Å². The van der Waals surface area contributed by atoms with Gasteiger partial charge >= 0.3 is 0 Å². The molecule has 1 fully saturated rings. The van der Waals surface area contributed by atoms with Gasteiger partial charge in [-0.15, -0.1) is 0 Å². The SMILES string of the molecule is [CH2][C@@H]1C[C@@H](Nc2ncncc2C(=O)c2ccn(Cc3ccccc3F)n2)[C@H](O)[C@@H]1O. The maximum Gasteiger partial charge on any atom is 0.218 e. The molecule has 4 rings (SSSR count). The lowest BCUT2D eigenvalue weighted by atomic mass is 10.1. The molecular weight excluding hydrogens is 389 g/mol. The summed E-state index contributed by atoms with van der Waals surface area (Å²) in [4.78, 5) is 21.0. The predicted octanol–water partition coefficient (Wildman–Crippen LogP) is 1.45. The van der Waals surface area contributed by atoms with Crippen LogP contribution in [0.4, 0.5) is 10.2 Å². The Balaban J connectivity index is 1.53. The molecule has 155 valence electrons. The molecular formula is C21H21FN5O3. The van der Waals surface area contributed by atoms with Crippen LogP contribution in [0.5, 0.6) is 0 Å². The van der Waals surface area contributed by atoms with Gasteiger partial charge in [0.15, 0.2) is 0 Å². The van der Waals surface area contributed by atoms with Gasteiger partial charge in [-0.1, -0.05) is 18.2 Å². The molecule has 0 spiro atoms. The molecule has 0 unspecified atom stereocenters. The van der Waals surface area contributed by atoms with Gasteiger partial charge in [-0.2, -0.15) is 5.10 Å². The van der Waals surface area contributed by atoms with Gasteiger partial charge in [0, 0.05) is 18.0 Å². The zero-order chi connectivity index (χ0) is 21.3. The summed E-state index contributed by atoms with van der Waals surface area (Å²) in [5.41, 5.74) is 0.801. The van der Waals surface area contributed by atoms with Gasteiger partial charge in [-0.3, -0.25) is 9.48 Å². The molecule has 1 aromatic carbocycles. The van der Waals surface area contributed by atoms with Gasteiger partial charge in [-0.05, 0) is 31.4 Å². The van der Waals surface area contributed by atoms with Crippen molar-refractivity contribution in [3.05, 3.63) is 78.6 Å². The summed E-state index contributed by atoms with van der Waals surface area (Å²) in [7, 11) is 0. The Morgan fingerprint density at radius 1 is 1.27 bits per heavy atom. The summed E-state index contributed by atoms with van der Waals surface area (Å²) in [6.45, 7) is 4.01. The van der Waals surface area contributed by atoms with Crippen LogP contribution >= 0.6 is 0 Å². The maximum atomic E-state index is 13.9. The van der Waals surface area contributed by atoms with E-state index in [4.69, 9.17) is 0 Å². The van der Waals surface area contributed by atoms with Crippen LogP contribution in [0.3, 0.4) is 0 Å². The van der Waals surface area contributed by atoms with Crippen LogP contribution in [-0.4, -0.2) is 54.0 Å². The fraction of sp³-hybridized carbons (Fsp3) is 0.286. The number of aliphatic hydroxyl groups excluding tert-OH is 2. The third-order valence-electron chi connectivity index (χ3n) is 5.24. The van der Waals surface area contributed by atoms with Gasteiger partial charge in [0.05, 0.1) is 24.3 Å². The molecule has 0 bridgehead atoms. The Labute approximate surface area is 172 Å².